The smallest absolute Gasteiger partial charge is 0.189 e. The second-order valence-electron chi connectivity index (χ2n) is 3.82. The van der Waals surface area contributed by atoms with E-state index < -0.39 is 17.2 Å². The van der Waals surface area contributed by atoms with E-state index in [1.165, 1.54) is 12.1 Å². The number of hydrogen-bond acceptors (Lipinski definition) is 3. The van der Waals surface area contributed by atoms with Crippen molar-refractivity contribution in [3.05, 3.63) is 35.4 Å². The van der Waals surface area contributed by atoms with Gasteiger partial charge >= 0.3 is 0 Å². The van der Waals surface area contributed by atoms with E-state index in [1.54, 1.807) is 6.92 Å². The van der Waals surface area contributed by atoms with Gasteiger partial charge in [-0.05, 0) is 24.6 Å². The van der Waals surface area contributed by atoms with Gasteiger partial charge in [-0.2, -0.15) is 0 Å². The van der Waals surface area contributed by atoms with Gasteiger partial charge in [0.05, 0.1) is 12.1 Å². The van der Waals surface area contributed by atoms with E-state index in [0.717, 1.165) is 6.07 Å². The van der Waals surface area contributed by atoms with E-state index in [4.69, 9.17) is 5.73 Å². The van der Waals surface area contributed by atoms with E-state index >= 15 is 0 Å². The molecule has 1 unspecified atom stereocenters. The Bertz CT molecular complexity index is 410. The fraction of sp³-hybridized carbons (Fsp3) is 0.300. The summed E-state index contributed by atoms with van der Waals surface area (Å²) in [6.45, 7) is 2.17. The lowest BCUT2D eigenvalue weighted by atomic mass is 9.93. The SMILES string of the molecule is CC1(c2cc(F)cc(F)c2)CN=C(N)N1. The third kappa shape index (κ3) is 1.77. The molecule has 1 heterocycles. The van der Waals surface area contributed by atoms with Gasteiger partial charge in [0.25, 0.3) is 0 Å². The largest absolute Gasteiger partial charge is 0.370 e. The Morgan fingerprint density at radius 3 is 2.40 bits per heavy atom. The van der Waals surface area contributed by atoms with Crippen molar-refractivity contribution >= 4 is 5.96 Å². The summed E-state index contributed by atoms with van der Waals surface area (Å²) in [4.78, 5) is 3.96. The van der Waals surface area contributed by atoms with Crippen molar-refractivity contribution in [1.29, 1.82) is 0 Å². The predicted molar refractivity (Wildman–Crippen MR) is 53.3 cm³/mol. The molecule has 1 aliphatic heterocycles. The number of nitrogens with one attached hydrogen (secondary N) is 1. The molecular weight excluding hydrogens is 200 g/mol. The van der Waals surface area contributed by atoms with Crippen molar-refractivity contribution < 1.29 is 8.78 Å². The molecule has 3 nitrogen and oxygen atoms in total. The number of halogens is 2. The Morgan fingerprint density at radius 2 is 1.93 bits per heavy atom. The molecule has 5 heteroatoms. The van der Waals surface area contributed by atoms with Gasteiger partial charge in [0.15, 0.2) is 5.96 Å². The third-order valence-electron chi connectivity index (χ3n) is 2.47. The summed E-state index contributed by atoms with van der Waals surface area (Å²) >= 11 is 0. The number of benzene rings is 1. The van der Waals surface area contributed by atoms with Crippen LogP contribution in [0, 0.1) is 11.6 Å². The second kappa shape index (κ2) is 3.18. The lowest BCUT2D eigenvalue weighted by Crippen LogP contribution is -2.43. The zero-order valence-electron chi connectivity index (χ0n) is 8.22. The van der Waals surface area contributed by atoms with Crippen LogP contribution in [0.25, 0.3) is 0 Å². The van der Waals surface area contributed by atoms with E-state index in [9.17, 15) is 8.78 Å². The molecule has 0 saturated heterocycles. The van der Waals surface area contributed by atoms with Gasteiger partial charge in [0.1, 0.15) is 11.6 Å². The Kier molecular flexibility index (Phi) is 2.10. The molecule has 0 bridgehead atoms. The van der Waals surface area contributed by atoms with Crippen LogP contribution in [0.4, 0.5) is 8.78 Å². The second-order valence-corrected chi connectivity index (χ2v) is 3.82. The highest BCUT2D eigenvalue weighted by atomic mass is 19.1. The first-order chi connectivity index (χ1) is 6.99. The maximum Gasteiger partial charge on any atom is 0.189 e. The van der Waals surface area contributed by atoms with Gasteiger partial charge in [-0.25, -0.2) is 8.78 Å². The van der Waals surface area contributed by atoms with Crippen molar-refractivity contribution in [1.82, 2.24) is 5.32 Å². The van der Waals surface area contributed by atoms with Gasteiger partial charge in [-0.3, -0.25) is 4.99 Å². The first kappa shape index (κ1) is 9.89. The first-order valence-electron chi connectivity index (χ1n) is 4.54. The third-order valence-corrected chi connectivity index (χ3v) is 2.47. The predicted octanol–water partition coefficient (Wildman–Crippen LogP) is 1.10. The molecule has 0 radical (unpaired) electrons. The summed E-state index contributed by atoms with van der Waals surface area (Å²) in [5, 5.41) is 2.90. The molecule has 0 amide bonds. The van der Waals surface area contributed by atoms with Gasteiger partial charge in [-0.15, -0.1) is 0 Å². The maximum atomic E-state index is 13.0. The number of guanidine groups is 1. The molecule has 0 spiro atoms. The quantitative estimate of drug-likeness (QED) is 0.730. The summed E-state index contributed by atoms with van der Waals surface area (Å²) in [5.74, 6) is -0.904. The average molecular weight is 211 g/mol. The molecule has 80 valence electrons. The molecule has 3 N–H and O–H groups in total. The summed E-state index contributed by atoms with van der Waals surface area (Å²) < 4.78 is 26.0. The lowest BCUT2D eigenvalue weighted by Gasteiger charge is -2.24. The summed E-state index contributed by atoms with van der Waals surface area (Å²) in [6.07, 6.45) is 0. The lowest BCUT2D eigenvalue weighted by molar-refractivity contribution is 0.468. The average Bonchev–Trinajstić information content (AvgIpc) is 2.46. The van der Waals surface area contributed by atoms with Crippen molar-refractivity contribution in [2.45, 2.75) is 12.5 Å². The van der Waals surface area contributed by atoms with Crippen LogP contribution in [0.3, 0.4) is 0 Å². The highest BCUT2D eigenvalue weighted by molar-refractivity contribution is 5.81. The topological polar surface area (TPSA) is 50.4 Å². The Morgan fingerprint density at radius 1 is 1.33 bits per heavy atom. The van der Waals surface area contributed by atoms with Crippen LogP contribution in [0.2, 0.25) is 0 Å². The molecule has 0 fully saturated rings. The van der Waals surface area contributed by atoms with Crippen molar-refractivity contribution in [3.63, 3.8) is 0 Å². The van der Waals surface area contributed by atoms with E-state index in [2.05, 4.69) is 10.3 Å². The number of hydrogen-bond donors (Lipinski definition) is 2. The summed E-state index contributed by atoms with van der Waals surface area (Å²) in [6, 6.07) is 3.40. The van der Waals surface area contributed by atoms with Crippen molar-refractivity contribution in [2.24, 2.45) is 10.7 Å². The summed E-state index contributed by atoms with van der Waals surface area (Å²) in [7, 11) is 0. The van der Waals surface area contributed by atoms with Crippen LogP contribution in [0.1, 0.15) is 12.5 Å². The van der Waals surface area contributed by atoms with E-state index in [-0.39, 0.29) is 0 Å². The van der Waals surface area contributed by atoms with Crippen molar-refractivity contribution in [3.8, 4) is 0 Å². The fourth-order valence-corrected chi connectivity index (χ4v) is 1.64. The molecule has 2 rings (SSSR count). The number of nitrogens with two attached hydrogens (primary N) is 1. The van der Waals surface area contributed by atoms with Crippen LogP contribution >= 0.6 is 0 Å². The Hall–Kier alpha value is -1.65. The Balaban J connectivity index is 2.38. The van der Waals surface area contributed by atoms with Crippen LogP contribution in [0.15, 0.2) is 23.2 Å². The Labute approximate surface area is 86.0 Å². The fourth-order valence-electron chi connectivity index (χ4n) is 1.64. The van der Waals surface area contributed by atoms with Crippen LogP contribution in [-0.4, -0.2) is 12.5 Å². The highest BCUT2D eigenvalue weighted by Crippen LogP contribution is 2.25. The summed E-state index contributed by atoms with van der Waals surface area (Å²) in [5.41, 5.74) is 5.36. The standard InChI is InChI=1S/C10H11F2N3/c1-10(5-14-9(13)15-10)6-2-7(11)4-8(12)3-6/h2-4H,5H2,1H3,(H3,13,14,15). The van der Waals surface area contributed by atoms with Gasteiger partial charge in [0, 0.05) is 6.07 Å². The van der Waals surface area contributed by atoms with Gasteiger partial charge in [0.2, 0.25) is 0 Å². The van der Waals surface area contributed by atoms with Crippen LogP contribution in [0.5, 0.6) is 0 Å². The molecule has 0 aliphatic carbocycles. The van der Waals surface area contributed by atoms with Gasteiger partial charge < -0.3 is 11.1 Å². The van der Waals surface area contributed by atoms with Crippen molar-refractivity contribution in [2.75, 3.05) is 6.54 Å². The first-order valence-corrected chi connectivity index (χ1v) is 4.54. The zero-order valence-corrected chi connectivity index (χ0v) is 8.22. The van der Waals surface area contributed by atoms with Crippen LogP contribution in [-0.2, 0) is 5.54 Å². The molecule has 1 aromatic rings. The number of aliphatic imine (C=N–C) groups is 1. The molecule has 1 atom stereocenters. The van der Waals surface area contributed by atoms with Crippen LogP contribution < -0.4 is 11.1 Å². The minimum absolute atomic E-state index is 0.294. The normalized spacial score (nSPS) is 24.9. The monoisotopic (exact) mass is 211 g/mol. The van der Waals surface area contributed by atoms with Gasteiger partial charge in [-0.1, -0.05) is 0 Å². The molecular formula is C10H11F2N3. The number of rotatable bonds is 1. The molecule has 15 heavy (non-hydrogen) atoms. The minimum atomic E-state index is -0.618. The highest BCUT2D eigenvalue weighted by Gasteiger charge is 2.32. The van der Waals surface area contributed by atoms with E-state index in [1.807, 2.05) is 0 Å². The molecule has 1 aromatic carbocycles. The van der Waals surface area contributed by atoms with E-state index in [0.29, 0.717) is 18.1 Å². The molecule has 0 saturated carbocycles. The maximum absolute atomic E-state index is 13.0. The zero-order chi connectivity index (χ0) is 11.1. The number of nitrogens with zero attached hydrogens (tertiary/aromatic N) is 1. The molecule has 0 aromatic heterocycles. The molecule has 1 aliphatic rings. The minimum Gasteiger partial charge on any atom is -0.370 e.